The summed E-state index contributed by atoms with van der Waals surface area (Å²) >= 11 is 12.0. The smallest absolute Gasteiger partial charge is 0.257 e. The summed E-state index contributed by atoms with van der Waals surface area (Å²) in [6.45, 7) is 2.69. The average molecular weight is 375 g/mol. The van der Waals surface area contributed by atoms with Crippen LogP contribution in [0.3, 0.4) is 0 Å². The summed E-state index contributed by atoms with van der Waals surface area (Å²) in [6, 6.07) is 8.63. The van der Waals surface area contributed by atoms with Gasteiger partial charge >= 0.3 is 0 Å². The maximum Gasteiger partial charge on any atom is 0.257 e. The van der Waals surface area contributed by atoms with Crippen LogP contribution in [0.4, 0.5) is 11.4 Å². The minimum Gasteiger partial charge on any atom is -0.322 e. The molecule has 0 saturated carbocycles. The highest BCUT2D eigenvalue weighted by Crippen LogP contribution is 2.44. The van der Waals surface area contributed by atoms with Gasteiger partial charge in [-0.25, -0.2) is 0 Å². The van der Waals surface area contributed by atoms with E-state index in [4.69, 9.17) is 23.2 Å². The van der Waals surface area contributed by atoms with Gasteiger partial charge in [0.1, 0.15) is 0 Å². The third kappa shape index (κ3) is 2.70. The molecule has 2 aromatic rings. The maximum atomic E-state index is 12.6. The molecule has 128 valence electrons. The number of halogens is 2. The molecule has 2 aliphatic heterocycles. The van der Waals surface area contributed by atoms with Crippen molar-refractivity contribution >= 4 is 46.4 Å². The van der Waals surface area contributed by atoms with E-state index >= 15 is 0 Å². The molecule has 0 bridgehead atoms. The maximum absolute atomic E-state index is 12.6. The van der Waals surface area contributed by atoms with Crippen LogP contribution < -0.4 is 10.2 Å². The number of aryl methyl sites for hydroxylation is 1. The zero-order valence-corrected chi connectivity index (χ0v) is 15.1. The number of carbonyl (C=O) groups excluding carboxylic acids is 2. The highest BCUT2D eigenvalue weighted by atomic mass is 35.5. The van der Waals surface area contributed by atoms with Crippen molar-refractivity contribution in [3.05, 3.63) is 57.1 Å². The van der Waals surface area contributed by atoms with Gasteiger partial charge in [0.2, 0.25) is 5.91 Å². The molecular weight excluding hydrogens is 359 g/mol. The van der Waals surface area contributed by atoms with Gasteiger partial charge in [0.05, 0.1) is 22.2 Å². The molecule has 0 radical (unpaired) electrons. The Morgan fingerprint density at radius 2 is 2.04 bits per heavy atom. The highest BCUT2D eigenvalue weighted by Gasteiger charge is 2.37. The summed E-state index contributed by atoms with van der Waals surface area (Å²) in [5.74, 6) is -0.332. The SMILES string of the molecule is C[C@@H]1C(=O)N2CCCc3cc(NC(=O)c4ccc(Cl)cc4Cl)cc1c32. The monoisotopic (exact) mass is 374 g/mol. The minimum absolute atomic E-state index is 0.139. The quantitative estimate of drug-likeness (QED) is 0.831. The summed E-state index contributed by atoms with van der Waals surface area (Å²) in [6.07, 6.45) is 1.84. The first-order chi connectivity index (χ1) is 12.0. The van der Waals surface area contributed by atoms with Crippen molar-refractivity contribution in [2.45, 2.75) is 25.7 Å². The van der Waals surface area contributed by atoms with Gasteiger partial charge in [-0.1, -0.05) is 23.2 Å². The van der Waals surface area contributed by atoms with Crippen LogP contribution in [0, 0.1) is 0 Å². The Balaban J connectivity index is 1.69. The largest absolute Gasteiger partial charge is 0.322 e. The van der Waals surface area contributed by atoms with E-state index in [9.17, 15) is 9.59 Å². The Kier molecular flexibility index (Phi) is 3.97. The Morgan fingerprint density at radius 1 is 1.24 bits per heavy atom. The topological polar surface area (TPSA) is 49.4 Å². The van der Waals surface area contributed by atoms with Crippen LogP contribution in [0.2, 0.25) is 10.0 Å². The number of benzene rings is 2. The van der Waals surface area contributed by atoms with Crippen LogP contribution in [-0.4, -0.2) is 18.4 Å². The number of anilines is 2. The summed E-state index contributed by atoms with van der Waals surface area (Å²) in [4.78, 5) is 26.8. The van der Waals surface area contributed by atoms with Crippen molar-refractivity contribution in [1.82, 2.24) is 0 Å². The summed E-state index contributed by atoms with van der Waals surface area (Å²) in [5.41, 5.74) is 4.18. The van der Waals surface area contributed by atoms with E-state index in [0.29, 0.717) is 21.3 Å². The molecule has 25 heavy (non-hydrogen) atoms. The summed E-state index contributed by atoms with van der Waals surface area (Å²) in [7, 11) is 0. The van der Waals surface area contributed by atoms with E-state index in [1.165, 1.54) is 0 Å². The van der Waals surface area contributed by atoms with Crippen LogP contribution in [-0.2, 0) is 11.2 Å². The second kappa shape index (κ2) is 6.04. The Labute approximate surface area is 155 Å². The fourth-order valence-corrected chi connectivity index (χ4v) is 4.13. The van der Waals surface area contributed by atoms with Gasteiger partial charge in [0.15, 0.2) is 0 Å². The van der Waals surface area contributed by atoms with Gasteiger partial charge in [-0.3, -0.25) is 9.59 Å². The predicted molar refractivity (Wildman–Crippen MR) is 99.9 cm³/mol. The molecule has 6 heteroatoms. The Hall–Kier alpha value is -2.04. The molecule has 0 fully saturated rings. The molecule has 2 heterocycles. The molecule has 0 aromatic heterocycles. The lowest BCUT2D eigenvalue weighted by Gasteiger charge is -2.26. The van der Waals surface area contributed by atoms with Crippen molar-refractivity contribution in [1.29, 1.82) is 0 Å². The molecule has 1 N–H and O–H groups in total. The van der Waals surface area contributed by atoms with Crippen molar-refractivity contribution < 1.29 is 9.59 Å². The molecule has 1 atom stereocenters. The number of carbonyl (C=O) groups is 2. The fraction of sp³-hybridized carbons (Fsp3) is 0.263. The number of nitrogens with one attached hydrogen (secondary N) is 1. The molecule has 0 unspecified atom stereocenters. The van der Waals surface area contributed by atoms with Gasteiger partial charge in [0.25, 0.3) is 5.91 Å². The first-order valence-corrected chi connectivity index (χ1v) is 8.96. The van der Waals surface area contributed by atoms with E-state index < -0.39 is 0 Å². The number of hydrogen-bond donors (Lipinski definition) is 1. The highest BCUT2D eigenvalue weighted by molar-refractivity contribution is 6.37. The molecule has 0 saturated heterocycles. The summed E-state index contributed by atoms with van der Waals surface area (Å²) in [5, 5.41) is 3.69. The Morgan fingerprint density at radius 3 is 2.80 bits per heavy atom. The molecule has 2 aliphatic rings. The van der Waals surface area contributed by atoms with E-state index in [1.807, 2.05) is 24.0 Å². The van der Waals surface area contributed by atoms with Crippen LogP contribution in [0.5, 0.6) is 0 Å². The average Bonchev–Trinajstić information content (AvgIpc) is 2.81. The van der Waals surface area contributed by atoms with Crippen LogP contribution in [0.25, 0.3) is 0 Å². The molecule has 0 aliphatic carbocycles. The molecule has 4 nitrogen and oxygen atoms in total. The lowest BCUT2D eigenvalue weighted by atomic mass is 9.96. The summed E-state index contributed by atoms with van der Waals surface area (Å²) < 4.78 is 0. The molecule has 0 spiro atoms. The van der Waals surface area contributed by atoms with E-state index in [1.54, 1.807) is 18.2 Å². The van der Waals surface area contributed by atoms with Crippen molar-refractivity contribution in [3.63, 3.8) is 0 Å². The lowest BCUT2D eigenvalue weighted by Crippen LogP contribution is -2.32. The first-order valence-electron chi connectivity index (χ1n) is 8.20. The first kappa shape index (κ1) is 16.4. The van der Waals surface area contributed by atoms with Crippen LogP contribution >= 0.6 is 23.2 Å². The molecule has 2 aromatic carbocycles. The third-order valence-corrected chi connectivity index (χ3v) is 5.40. The van der Waals surface area contributed by atoms with Crippen LogP contribution in [0.15, 0.2) is 30.3 Å². The second-order valence-electron chi connectivity index (χ2n) is 6.47. The van der Waals surface area contributed by atoms with Gasteiger partial charge < -0.3 is 10.2 Å². The van der Waals surface area contributed by atoms with Crippen molar-refractivity contribution in [2.24, 2.45) is 0 Å². The molecule has 2 amide bonds. The third-order valence-electron chi connectivity index (χ3n) is 4.85. The number of nitrogens with zero attached hydrogens (tertiary/aromatic N) is 1. The van der Waals surface area contributed by atoms with Crippen molar-refractivity contribution in [3.8, 4) is 0 Å². The van der Waals surface area contributed by atoms with Gasteiger partial charge in [-0.15, -0.1) is 0 Å². The van der Waals surface area contributed by atoms with Crippen molar-refractivity contribution in [2.75, 3.05) is 16.8 Å². The van der Waals surface area contributed by atoms with Gasteiger partial charge in [0, 0.05) is 17.3 Å². The standard InChI is InChI=1S/C19H16Cl2N2O2/c1-10-15-9-13(7-11-3-2-6-23(17(11)15)19(10)25)22-18(24)14-5-4-12(20)8-16(14)21/h4-5,7-10H,2-3,6H2,1H3,(H,22,24)/t10-/m0/s1. The van der Waals surface area contributed by atoms with E-state index in [-0.39, 0.29) is 17.7 Å². The normalized spacial score (nSPS) is 18.3. The van der Waals surface area contributed by atoms with E-state index in [2.05, 4.69) is 5.32 Å². The van der Waals surface area contributed by atoms with Gasteiger partial charge in [-0.05, 0) is 61.2 Å². The zero-order chi connectivity index (χ0) is 17.7. The zero-order valence-electron chi connectivity index (χ0n) is 13.6. The van der Waals surface area contributed by atoms with Crippen LogP contribution in [0.1, 0.15) is 40.7 Å². The number of amides is 2. The Bertz CT molecular complexity index is 911. The van der Waals surface area contributed by atoms with Gasteiger partial charge in [-0.2, -0.15) is 0 Å². The van der Waals surface area contributed by atoms with E-state index in [0.717, 1.165) is 36.2 Å². The molecule has 4 rings (SSSR count). The number of rotatable bonds is 2. The fourth-order valence-electron chi connectivity index (χ4n) is 3.64. The second-order valence-corrected chi connectivity index (χ2v) is 7.31. The minimum atomic E-state index is -0.293. The lowest BCUT2D eigenvalue weighted by molar-refractivity contribution is -0.119. The molecular formula is C19H16Cl2N2O2. The number of hydrogen-bond acceptors (Lipinski definition) is 2. The predicted octanol–water partition coefficient (Wildman–Crippen LogP) is 4.64.